The van der Waals surface area contributed by atoms with E-state index in [-0.39, 0.29) is 37.0 Å². The number of nitrogens with zero attached hydrogens (tertiary/aromatic N) is 2. The molecule has 27 heavy (non-hydrogen) atoms. The topological polar surface area (TPSA) is 113 Å². The Hall–Kier alpha value is -1.84. The molecule has 1 aromatic rings. The summed E-state index contributed by atoms with van der Waals surface area (Å²) in [6.07, 6.45) is 2.16. The van der Waals surface area contributed by atoms with Gasteiger partial charge in [0.15, 0.2) is 0 Å². The Morgan fingerprint density at radius 2 is 1.93 bits per heavy atom. The quantitative estimate of drug-likeness (QED) is 0.699. The number of primary amides is 1. The number of hydrogen-bond donors (Lipinski definition) is 2. The van der Waals surface area contributed by atoms with Crippen LogP contribution in [0, 0.1) is 0 Å². The van der Waals surface area contributed by atoms with Crippen LogP contribution in [0.3, 0.4) is 0 Å². The predicted octanol–water partition coefficient (Wildman–Crippen LogP) is 1.40. The van der Waals surface area contributed by atoms with Crippen LogP contribution in [0.2, 0.25) is 5.02 Å². The highest BCUT2D eigenvalue weighted by Gasteiger charge is 2.32. The number of piperazine rings is 1. The maximum atomic E-state index is 12.7. The number of carbonyl (C=O) groups excluding carboxylic acids is 2. The van der Waals surface area contributed by atoms with Gasteiger partial charge in [-0.3, -0.25) is 4.79 Å². The molecule has 3 N–H and O–H groups in total. The van der Waals surface area contributed by atoms with Gasteiger partial charge in [0.05, 0.1) is 4.90 Å². The molecule has 1 aromatic carbocycles. The summed E-state index contributed by atoms with van der Waals surface area (Å²) in [7, 11) is -3.67. The van der Waals surface area contributed by atoms with Crippen LogP contribution >= 0.6 is 11.6 Å². The number of rotatable bonds is 7. The maximum Gasteiger partial charge on any atom is 0.312 e. The second-order valence-electron chi connectivity index (χ2n) is 6.39. The van der Waals surface area contributed by atoms with Crippen molar-refractivity contribution >= 4 is 33.6 Å². The lowest BCUT2D eigenvalue weighted by atomic mass is 10.1. The third-order valence-corrected chi connectivity index (χ3v) is 6.57. The Morgan fingerprint density at radius 1 is 1.26 bits per heavy atom. The smallest absolute Gasteiger partial charge is 0.312 e. The monoisotopic (exact) mass is 416 g/mol. The molecule has 1 fully saturated rings. The van der Waals surface area contributed by atoms with Gasteiger partial charge in [0, 0.05) is 31.2 Å². The van der Waals surface area contributed by atoms with E-state index in [1.807, 2.05) is 6.92 Å². The molecule has 1 aliphatic heterocycles. The third kappa shape index (κ3) is 5.57. The molecule has 0 radical (unpaired) electrons. The van der Waals surface area contributed by atoms with E-state index in [0.29, 0.717) is 11.4 Å². The molecule has 0 saturated carbocycles. The Balaban J connectivity index is 2.02. The number of carbonyl (C=O) groups is 2. The lowest BCUT2D eigenvalue weighted by Crippen LogP contribution is -2.56. The Bertz CT molecular complexity index is 779. The lowest BCUT2D eigenvalue weighted by molar-refractivity contribution is -0.134. The minimum Gasteiger partial charge on any atom is -0.352 e. The molecular formula is C17H25ClN4O4S. The molecule has 10 heteroatoms. The van der Waals surface area contributed by atoms with Crippen LogP contribution in [0.15, 0.2) is 29.2 Å². The Kier molecular flexibility index (Phi) is 7.46. The first-order chi connectivity index (χ1) is 12.8. The summed E-state index contributed by atoms with van der Waals surface area (Å²) in [5, 5.41) is 2.83. The van der Waals surface area contributed by atoms with E-state index in [9.17, 15) is 18.0 Å². The molecular weight excluding hydrogens is 392 g/mol. The molecule has 8 nitrogen and oxygen atoms in total. The minimum absolute atomic E-state index is 0.131. The molecule has 1 unspecified atom stereocenters. The summed E-state index contributed by atoms with van der Waals surface area (Å²) in [6.45, 7) is 2.85. The van der Waals surface area contributed by atoms with Gasteiger partial charge >= 0.3 is 6.03 Å². The van der Waals surface area contributed by atoms with Crippen LogP contribution < -0.4 is 11.1 Å². The molecule has 3 amide bonds. The number of unbranched alkanes of at least 4 members (excludes halogenated alkanes) is 1. The fourth-order valence-corrected chi connectivity index (χ4v) is 4.71. The summed E-state index contributed by atoms with van der Waals surface area (Å²) < 4.78 is 26.8. The Labute approximate surface area is 164 Å². The first-order valence-corrected chi connectivity index (χ1v) is 10.7. The molecule has 0 spiro atoms. The van der Waals surface area contributed by atoms with Crippen molar-refractivity contribution in [1.29, 1.82) is 0 Å². The predicted molar refractivity (Wildman–Crippen MR) is 103 cm³/mol. The number of nitrogens with two attached hydrogens (primary N) is 1. The molecule has 1 aliphatic rings. The van der Waals surface area contributed by atoms with Crippen molar-refractivity contribution in [2.75, 3.05) is 26.2 Å². The van der Waals surface area contributed by atoms with E-state index in [1.165, 1.54) is 16.4 Å². The average Bonchev–Trinajstić information content (AvgIpc) is 2.64. The van der Waals surface area contributed by atoms with Gasteiger partial charge in [0.1, 0.15) is 6.04 Å². The van der Waals surface area contributed by atoms with Gasteiger partial charge in [-0.25, -0.2) is 13.2 Å². The van der Waals surface area contributed by atoms with Crippen molar-refractivity contribution in [3.8, 4) is 0 Å². The fourth-order valence-electron chi connectivity index (χ4n) is 2.98. The second-order valence-corrected chi connectivity index (χ2v) is 8.76. The fraction of sp³-hybridized carbons (Fsp3) is 0.529. The molecule has 0 aromatic heterocycles. The van der Waals surface area contributed by atoms with Crippen LogP contribution in [0.25, 0.3) is 0 Å². The van der Waals surface area contributed by atoms with Gasteiger partial charge in [-0.15, -0.1) is 0 Å². The van der Waals surface area contributed by atoms with Gasteiger partial charge in [-0.2, -0.15) is 4.31 Å². The van der Waals surface area contributed by atoms with Gasteiger partial charge < -0.3 is 16.0 Å². The third-order valence-electron chi connectivity index (χ3n) is 4.45. The molecule has 0 aliphatic carbocycles. The van der Waals surface area contributed by atoms with E-state index in [0.717, 1.165) is 12.8 Å². The highest BCUT2D eigenvalue weighted by Crippen LogP contribution is 2.21. The molecule has 1 heterocycles. The molecule has 1 atom stereocenters. The number of nitrogens with one attached hydrogen (secondary N) is 1. The highest BCUT2D eigenvalue weighted by molar-refractivity contribution is 7.89. The highest BCUT2D eigenvalue weighted by atomic mass is 35.5. The summed E-state index contributed by atoms with van der Waals surface area (Å²) in [5.74, 6) is -0.234. The summed E-state index contributed by atoms with van der Waals surface area (Å²) in [5.41, 5.74) is 5.17. The van der Waals surface area contributed by atoms with Crippen LogP contribution in [-0.4, -0.2) is 61.8 Å². The molecule has 1 saturated heterocycles. The van der Waals surface area contributed by atoms with Crippen molar-refractivity contribution < 1.29 is 18.0 Å². The lowest BCUT2D eigenvalue weighted by Gasteiger charge is -2.35. The molecule has 2 rings (SSSR count). The van der Waals surface area contributed by atoms with Crippen molar-refractivity contribution in [3.05, 3.63) is 29.3 Å². The number of sulfonamides is 1. The van der Waals surface area contributed by atoms with E-state index in [4.69, 9.17) is 17.3 Å². The van der Waals surface area contributed by atoms with E-state index >= 15 is 0 Å². The minimum atomic E-state index is -3.67. The Morgan fingerprint density at radius 3 is 2.48 bits per heavy atom. The SMILES string of the molecule is CCCCC(NC(N)=O)C(=O)N1CCN(S(=O)(=O)c2cccc(Cl)c2)CC1. The molecule has 0 bridgehead atoms. The first kappa shape index (κ1) is 21.5. The number of amides is 3. The number of hydrogen-bond acceptors (Lipinski definition) is 4. The van der Waals surface area contributed by atoms with Gasteiger partial charge in [-0.05, 0) is 24.6 Å². The summed E-state index contributed by atoms with van der Waals surface area (Å²) in [4.78, 5) is 25.6. The number of halogens is 1. The number of urea groups is 1. The second kappa shape index (κ2) is 9.38. The average molecular weight is 417 g/mol. The van der Waals surface area contributed by atoms with Crippen molar-refractivity contribution in [3.63, 3.8) is 0 Å². The first-order valence-electron chi connectivity index (χ1n) is 8.86. The van der Waals surface area contributed by atoms with E-state index < -0.39 is 22.1 Å². The molecule has 150 valence electrons. The standard InChI is InChI=1S/C17H25ClN4O4S/c1-2-3-7-15(20-17(19)24)16(23)21-8-10-22(11-9-21)27(25,26)14-6-4-5-13(18)12-14/h4-6,12,15H,2-3,7-11H2,1H3,(H3,19,20,24). The number of benzene rings is 1. The van der Waals surface area contributed by atoms with E-state index in [2.05, 4.69) is 5.32 Å². The van der Waals surface area contributed by atoms with Gasteiger partial charge in [0.2, 0.25) is 15.9 Å². The maximum absolute atomic E-state index is 12.7. The van der Waals surface area contributed by atoms with Crippen molar-refractivity contribution in [2.45, 2.75) is 37.1 Å². The normalized spacial score (nSPS) is 16.7. The van der Waals surface area contributed by atoms with E-state index in [1.54, 1.807) is 17.0 Å². The van der Waals surface area contributed by atoms with Crippen molar-refractivity contribution in [1.82, 2.24) is 14.5 Å². The zero-order valence-electron chi connectivity index (χ0n) is 15.2. The summed E-state index contributed by atoms with van der Waals surface area (Å²) in [6, 6.07) is 4.68. The van der Waals surface area contributed by atoms with Crippen LogP contribution in [-0.2, 0) is 14.8 Å². The van der Waals surface area contributed by atoms with Crippen LogP contribution in [0.5, 0.6) is 0 Å². The van der Waals surface area contributed by atoms with Crippen LogP contribution in [0.4, 0.5) is 4.79 Å². The van der Waals surface area contributed by atoms with Crippen LogP contribution in [0.1, 0.15) is 26.2 Å². The van der Waals surface area contributed by atoms with Gasteiger partial charge in [0.25, 0.3) is 0 Å². The largest absolute Gasteiger partial charge is 0.352 e. The summed E-state index contributed by atoms with van der Waals surface area (Å²) >= 11 is 5.89. The zero-order chi connectivity index (χ0) is 20.0. The van der Waals surface area contributed by atoms with Gasteiger partial charge in [-0.1, -0.05) is 37.4 Å². The zero-order valence-corrected chi connectivity index (χ0v) is 16.8. The van der Waals surface area contributed by atoms with Crippen molar-refractivity contribution in [2.24, 2.45) is 5.73 Å².